The van der Waals surface area contributed by atoms with Gasteiger partial charge in [-0.25, -0.2) is 0 Å². The molecule has 0 fully saturated rings. The van der Waals surface area contributed by atoms with Crippen LogP contribution in [0.15, 0.2) is 47.4 Å². The topological polar surface area (TPSA) is 83.8 Å². The molecule has 0 saturated heterocycles. The zero-order valence-electron chi connectivity index (χ0n) is 19.3. The van der Waals surface area contributed by atoms with Crippen LogP contribution in [0.4, 0.5) is 0 Å². The van der Waals surface area contributed by atoms with Gasteiger partial charge in [0.25, 0.3) is 10.1 Å². The molecule has 0 atom stereocenters. The summed E-state index contributed by atoms with van der Waals surface area (Å²) in [5, 5.41) is 9.96. The minimum Gasteiger partial charge on any atom is -0.504 e. The maximum absolute atomic E-state index is 11.3. The van der Waals surface area contributed by atoms with Gasteiger partial charge in [0.05, 0.1) is 4.90 Å². The van der Waals surface area contributed by atoms with Crippen LogP contribution in [-0.4, -0.2) is 18.1 Å². The van der Waals surface area contributed by atoms with Gasteiger partial charge < -0.3 is 9.84 Å². The monoisotopic (exact) mass is 462 g/mol. The summed E-state index contributed by atoms with van der Waals surface area (Å²) >= 11 is 0. The van der Waals surface area contributed by atoms with E-state index in [1.54, 1.807) is 6.07 Å². The number of phenols is 1. The number of aromatic hydroxyl groups is 1. The van der Waals surface area contributed by atoms with Crippen molar-refractivity contribution in [1.29, 1.82) is 0 Å². The van der Waals surface area contributed by atoms with Crippen LogP contribution < -0.4 is 4.74 Å². The van der Waals surface area contributed by atoms with E-state index in [9.17, 15) is 18.1 Å². The Labute approximate surface area is 193 Å². The average Bonchev–Trinajstić information content (AvgIpc) is 2.75. The van der Waals surface area contributed by atoms with E-state index < -0.39 is 10.1 Å². The third kappa shape index (κ3) is 10.0. The minimum absolute atomic E-state index is 0.0114. The summed E-state index contributed by atoms with van der Waals surface area (Å²) in [6, 6.07) is 11.0. The number of hydrogen-bond donors (Lipinski definition) is 2. The van der Waals surface area contributed by atoms with Crippen LogP contribution >= 0.6 is 0 Å². The molecule has 0 aliphatic carbocycles. The lowest BCUT2D eigenvalue weighted by Gasteiger charge is -2.10. The normalized spacial score (nSPS) is 11.6. The molecule has 2 N–H and O–H groups in total. The van der Waals surface area contributed by atoms with Gasteiger partial charge in [-0.15, -0.1) is 0 Å². The summed E-state index contributed by atoms with van der Waals surface area (Å²) in [7, 11) is -4.36. The molecular weight excluding hydrogens is 424 g/mol. The molecule has 2 aromatic rings. The van der Waals surface area contributed by atoms with Crippen LogP contribution in [0.25, 0.3) is 0 Å². The molecule has 2 aromatic carbocycles. The Kier molecular flexibility index (Phi) is 11.6. The molecule has 0 aliphatic rings. The molecule has 5 nitrogen and oxygen atoms in total. The molecule has 0 spiro atoms. The number of benzene rings is 2. The van der Waals surface area contributed by atoms with Gasteiger partial charge >= 0.3 is 0 Å². The Morgan fingerprint density at radius 2 is 1.38 bits per heavy atom. The second-order valence-corrected chi connectivity index (χ2v) is 9.91. The molecule has 0 bridgehead atoms. The number of phenolic OH excluding ortho intramolecular Hbond substituents is 1. The molecular formula is C26H38O5S. The van der Waals surface area contributed by atoms with E-state index in [1.165, 1.54) is 76.7 Å². The first-order valence-corrected chi connectivity index (χ1v) is 13.4. The van der Waals surface area contributed by atoms with Crippen molar-refractivity contribution in [3.05, 3.63) is 48.0 Å². The summed E-state index contributed by atoms with van der Waals surface area (Å²) in [4.78, 5) is -0.321. The maximum atomic E-state index is 11.3. The average molecular weight is 463 g/mol. The van der Waals surface area contributed by atoms with Gasteiger partial charge in [-0.3, -0.25) is 4.55 Å². The lowest BCUT2D eigenvalue weighted by molar-refractivity contribution is 0.409. The van der Waals surface area contributed by atoms with E-state index in [-0.39, 0.29) is 16.4 Å². The Morgan fingerprint density at radius 3 is 1.97 bits per heavy atom. The number of ether oxygens (including phenoxy) is 1. The fourth-order valence-electron chi connectivity index (χ4n) is 3.80. The highest BCUT2D eigenvalue weighted by atomic mass is 32.2. The number of aryl methyl sites for hydroxylation is 1. The Morgan fingerprint density at radius 1 is 0.781 bits per heavy atom. The van der Waals surface area contributed by atoms with Crippen LogP contribution in [-0.2, 0) is 16.5 Å². The molecule has 6 heteroatoms. The Balaban J connectivity index is 1.69. The van der Waals surface area contributed by atoms with Crippen molar-refractivity contribution in [2.45, 2.75) is 95.3 Å². The summed E-state index contributed by atoms with van der Waals surface area (Å²) < 4.78 is 37.5. The summed E-state index contributed by atoms with van der Waals surface area (Å²) in [6.45, 7) is 2.26. The summed E-state index contributed by atoms with van der Waals surface area (Å²) in [5.41, 5.74) is 1.14. The van der Waals surface area contributed by atoms with Crippen molar-refractivity contribution in [3.8, 4) is 17.2 Å². The Hall–Kier alpha value is -2.05. The lowest BCUT2D eigenvalue weighted by Crippen LogP contribution is -1.98. The van der Waals surface area contributed by atoms with Gasteiger partial charge in [0.2, 0.25) is 0 Å². The predicted molar refractivity (Wildman–Crippen MR) is 129 cm³/mol. The third-order valence-electron chi connectivity index (χ3n) is 5.67. The molecule has 0 saturated carbocycles. The van der Waals surface area contributed by atoms with Gasteiger partial charge in [0.15, 0.2) is 11.5 Å². The van der Waals surface area contributed by atoms with Gasteiger partial charge in [-0.05, 0) is 42.7 Å². The van der Waals surface area contributed by atoms with Gasteiger partial charge in [-0.2, -0.15) is 8.42 Å². The first-order chi connectivity index (χ1) is 15.4. The first-order valence-electron chi connectivity index (χ1n) is 12.0. The van der Waals surface area contributed by atoms with Crippen LogP contribution in [0.5, 0.6) is 17.2 Å². The van der Waals surface area contributed by atoms with E-state index >= 15 is 0 Å². The fraction of sp³-hybridized carbons (Fsp3) is 0.538. The molecule has 0 amide bonds. The number of unbranched alkanes of at least 4 members (excludes halogenated alkanes) is 11. The first kappa shape index (κ1) is 26.2. The van der Waals surface area contributed by atoms with E-state index in [4.69, 9.17) is 4.74 Å². The molecule has 2 rings (SSSR count). The molecule has 0 aromatic heterocycles. The van der Waals surface area contributed by atoms with Gasteiger partial charge in [0.1, 0.15) is 5.75 Å². The van der Waals surface area contributed by atoms with E-state index in [1.807, 2.05) is 18.2 Å². The summed E-state index contributed by atoms with van der Waals surface area (Å²) in [6.07, 6.45) is 16.8. The van der Waals surface area contributed by atoms with Crippen molar-refractivity contribution in [2.24, 2.45) is 0 Å². The third-order valence-corrected chi connectivity index (χ3v) is 6.52. The zero-order valence-corrected chi connectivity index (χ0v) is 20.1. The molecule has 0 unspecified atom stereocenters. The Bertz CT molecular complexity index is 908. The predicted octanol–water partition coefficient (Wildman–Crippen LogP) is 7.67. The molecule has 32 heavy (non-hydrogen) atoms. The van der Waals surface area contributed by atoms with E-state index in [2.05, 4.69) is 6.92 Å². The van der Waals surface area contributed by atoms with Crippen molar-refractivity contribution >= 4 is 10.1 Å². The summed E-state index contributed by atoms with van der Waals surface area (Å²) in [5.74, 6) is 0.315. The lowest BCUT2D eigenvalue weighted by atomic mass is 10.0. The van der Waals surface area contributed by atoms with Crippen molar-refractivity contribution in [3.63, 3.8) is 0 Å². The quantitative estimate of drug-likeness (QED) is 0.197. The standard InChI is InChI=1S/C26H38O5S/c1-2-3-4-5-6-7-8-9-10-11-12-13-15-22-16-14-17-23(20-22)31-26-21-24(32(28,29)30)18-19-25(26)27/h14,16-21,27H,2-13,15H2,1H3,(H,28,29,30). The molecule has 178 valence electrons. The van der Waals surface area contributed by atoms with Crippen molar-refractivity contribution in [1.82, 2.24) is 0 Å². The maximum Gasteiger partial charge on any atom is 0.294 e. The van der Waals surface area contributed by atoms with Gasteiger partial charge in [-0.1, -0.05) is 89.7 Å². The van der Waals surface area contributed by atoms with E-state index in [0.717, 1.165) is 30.5 Å². The van der Waals surface area contributed by atoms with Crippen LogP contribution in [0.3, 0.4) is 0 Å². The minimum atomic E-state index is -4.36. The largest absolute Gasteiger partial charge is 0.504 e. The zero-order chi connectivity index (χ0) is 23.2. The van der Waals surface area contributed by atoms with Crippen molar-refractivity contribution in [2.75, 3.05) is 0 Å². The van der Waals surface area contributed by atoms with E-state index in [0.29, 0.717) is 5.75 Å². The number of rotatable bonds is 16. The highest BCUT2D eigenvalue weighted by Crippen LogP contribution is 2.33. The van der Waals surface area contributed by atoms with Crippen LogP contribution in [0.1, 0.15) is 89.5 Å². The highest BCUT2D eigenvalue weighted by molar-refractivity contribution is 7.85. The second-order valence-electron chi connectivity index (χ2n) is 8.49. The second kappa shape index (κ2) is 14.2. The molecule has 0 radical (unpaired) electrons. The highest BCUT2D eigenvalue weighted by Gasteiger charge is 2.14. The smallest absolute Gasteiger partial charge is 0.294 e. The number of hydrogen-bond acceptors (Lipinski definition) is 4. The molecule has 0 heterocycles. The fourth-order valence-corrected chi connectivity index (χ4v) is 4.29. The van der Waals surface area contributed by atoms with Gasteiger partial charge in [0, 0.05) is 6.07 Å². The van der Waals surface area contributed by atoms with Crippen molar-refractivity contribution < 1.29 is 22.8 Å². The molecule has 0 aliphatic heterocycles. The van der Waals surface area contributed by atoms with Crippen LogP contribution in [0.2, 0.25) is 0 Å². The SMILES string of the molecule is CCCCCCCCCCCCCCc1cccc(Oc2cc(S(=O)(=O)O)ccc2O)c1. The van der Waals surface area contributed by atoms with Crippen LogP contribution in [0, 0.1) is 0 Å².